The topological polar surface area (TPSA) is 40.5 Å². The van der Waals surface area contributed by atoms with E-state index in [1.807, 2.05) is 13.8 Å². The summed E-state index contributed by atoms with van der Waals surface area (Å²) >= 11 is 0. The van der Waals surface area contributed by atoms with E-state index >= 15 is 0 Å². The number of aliphatic hydroxyl groups excluding tert-OH is 1. The van der Waals surface area contributed by atoms with Crippen molar-refractivity contribution in [2.45, 2.75) is 25.9 Å². The molecule has 1 atom stereocenters. The van der Waals surface area contributed by atoms with Crippen LogP contribution < -0.4 is 0 Å². The first-order valence-electron chi connectivity index (χ1n) is 3.84. The van der Waals surface area contributed by atoms with Gasteiger partial charge in [-0.15, -0.1) is 0 Å². The van der Waals surface area contributed by atoms with Gasteiger partial charge >= 0.3 is 0 Å². The number of allylic oxidation sites excluding steroid dienone is 2. The van der Waals surface area contributed by atoms with Crippen LogP contribution in [0, 0.1) is 5.92 Å². The first-order valence-corrected chi connectivity index (χ1v) is 3.84. The monoisotopic (exact) mass is 154 g/mol. The van der Waals surface area contributed by atoms with E-state index < -0.39 is 5.60 Å². The molecule has 11 heavy (non-hydrogen) atoms. The predicted octanol–water partition coefficient (Wildman–Crippen LogP) is 1.78. The molecule has 1 unspecified atom stereocenters. The van der Waals surface area contributed by atoms with Gasteiger partial charge in [0.25, 0.3) is 0 Å². The van der Waals surface area contributed by atoms with E-state index in [9.17, 15) is 5.11 Å². The normalized spacial score (nSPS) is 30.7. The molecule has 0 heterocycles. The molecule has 0 saturated carbocycles. The van der Waals surface area contributed by atoms with Gasteiger partial charge in [0.2, 0.25) is 0 Å². The highest BCUT2D eigenvalue weighted by atomic mass is 16.3. The fraction of sp³-hybridized carbons (Fsp3) is 0.556. The van der Waals surface area contributed by atoms with Crippen molar-refractivity contribution >= 4 is 0 Å². The standard InChI is InChI=1S/C9H14O2/c1-7(2)9(11)5-3-4-8(10)6-9/h3-5,7,10-11H,6H2,1-2H3. The number of aliphatic hydroxyl groups is 2. The Kier molecular flexibility index (Phi) is 2.05. The first-order chi connectivity index (χ1) is 5.04. The molecule has 62 valence electrons. The Labute approximate surface area is 66.9 Å². The largest absolute Gasteiger partial charge is 0.512 e. The molecule has 0 radical (unpaired) electrons. The Bertz CT molecular complexity index is 204. The summed E-state index contributed by atoms with van der Waals surface area (Å²) in [7, 11) is 0. The van der Waals surface area contributed by atoms with E-state index in [1.54, 1.807) is 18.2 Å². The highest BCUT2D eigenvalue weighted by Crippen LogP contribution is 2.28. The average Bonchev–Trinajstić information content (AvgIpc) is 1.86. The maximum absolute atomic E-state index is 9.83. The lowest BCUT2D eigenvalue weighted by molar-refractivity contribution is 0.0323. The van der Waals surface area contributed by atoms with Gasteiger partial charge in [-0.1, -0.05) is 26.0 Å². The quantitative estimate of drug-likeness (QED) is 0.604. The summed E-state index contributed by atoms with van der Waals surface area (Å²) in [4.78, 5) is 0. The Morgan fingerprint density at radius 2 is 2.18 bits per heavy atom. The summed E-state index contributed by atoms with van der Waals surface area (Å²) in [5, 5.41) is 19.0. The second-order valence-corrected chi connectivity index (χ2v) is 3.34. The van der Waals surface area contributed by atoms with Crippen LogP contribution in [-0.4, -0.2) is 15.8 Å². The summed E-state index contributed by atoms with van der Waals surface area (Å²) in [5.41, 5.74) is -0.848. The van der Waals surface area contributed by atoms with Crippen LogP contribution in [0.15, 0.2) is 24.0 Å². The van der Waals surface area contributed by atoms with Crippen LogP contribution in [0.3, 0.4) is 0 Å². The van der Waals surface area contributed by atoms with Crippen LogP contribution in [0.25, 0.3) is 0 Å². The number of hydrogen-bond acceptors (Lipinski definition) is 2. The second-order valence-electron chi connectivity index (χ2n) is 3.34. The Balaban J connectivity index is 2.78. The van der Waals surface area contributed by atoms with Crippen molar-refractivity contribution < 1.29 is 10.2 Å². The first kappa shape index (κ1) is 8.34. The van der Waals surface area contributed by atoms with E-state index in [2.05, 4.69) is 0 Å². The molecule has 1 aliphatic carbocycles. The van der Waals surface area contributed by atoms with E-state index in [0.29, 0.717) is 6.42 Å². The van der Waals surface area contributed by atoms with Crippen molar-refractivity contribution in [3.63, 3.8) is 0 Å². The molecule has 0 bridgehead atoms. The van der Waals surface area contributed by atoms with Gasteiger partial charge in [-0.2, -0.15) is 0 Å². The smallest absolute Gasteiger partial charge is 0.0954 e. The van der Waals surface area contributed by atoms with Crippen molar-refractivity contribution in [1.29, 1.82) is 0 Å². The van der Waals surface area contributed by atoms with Crippen molar-refractivity contribution in [2.75, 3.05) is 0 Å². The van der Waals surface area contributed by atoms with E-state index in [0.717, 1.165) is 0 Å². The van der Waals surface area contributed by atoms with Crippen LogP contribution in [0.4, 0.5) is 0 Å². The molecule has 0 aliphatic heterocycles. The Morgan fingerprint density at radius 1 is 1.55 bits per heavy atom. The van der Waals surface area contributed by atoms with Gasteiger partial charge in [-0.3, -0.25) is 0 Å². The van der Waals surface area contributed by atoms with Gasteiger partial charge < -0.3 is 10.2 Å². The van der Waals surface area contributed by atoms with Crippen molar-refractivity contribution in [1.82, 2.24) is 0 Å². The van der Waals surface area contributed by atoms with Crippen LogP contribution in [-0.2, 0) is 0 Å². The highest BCUT2D eigenvalue weighted by Gasteiger charge is 2.30. The molecule has 0 saturated heterocycles. The third-order valence-electron chi connectivity index (χ3n) is 2.14. The van der Waals surface area contributed by atoms with Gasteiger partial charge in [0.05, 0.1) is 11.4 Å². The zero-order valence-corrected chi connectivity index (χ0v) is 6.91. The molecule has 1 aliphatic rings. The molecule has 0 aromatic carbocycles. The lowest BCUT2D eigenvalue weighted by Gasteiger charge is -2.30. The molecule has 1 rings (SSSR count). The summed E-state index contributed by atoms with van der Waals surface area (Å²) < 4.78 is 0. The van der Waals surface area contributed by atoms with Gasteiger partial charge in [0.15, 0.2) is 0 Å². The van der Waals surface area contributed by atoms with Crippen molar-refractivity contribution in [2.24, 2.45) is 5.92 Å². The maximum Gasteiger partial charge on any atom is 0.0954 e. The molecule has 2 N–H and O–H groups in total. The third-order valence-corrected chi connectivity index (χ3v) is 2.14. The Morgan fingerprint density at radius 3 is 2.55 bits per heavy atom. The van der Waals surface area contributed by atoms with Crippen molar-refractivity contribution in [3.05, 3.63) is 24.0 Å². The predicted molar refractivity (Wildman–Crippen MR) is 44.3 cm³/mol. The second kappa shape index (κ2) is 2.70. The molecule has 2 heteroatoms. The van der Waals surface area contributed by atoms with Gasteiger partial charge in [0, 0.05) is 6.42 Å². The Hall–Kier alpha value is -0.760. The van der Waals surface area contributed by atoms with Gasteiger partial charge in [-0.25, -0.2) is 0 Å². The molecule has 0 aromatic rings. The lowest BCUT2D eigenvalue weighted by atomic mass is 9.84. The maximum atomic E-state index is 9.83. The molecular formula is C9H14O2. The fourth-order valence-corrected chi connectivity index (χ4v) is 1.13. The van der Waals surface area contributed by atoms with Gasteiger partial charge in [0.1, 0.15) is 0 Å². The average molecular weight is 154 g/mol. The molecule has 2 nitrogen and oxygen atoms in total. The van der Waals surface area contributed by atoms with Crippen LogP contribution in [0.5, 0.6) is 0 Å². The number of hydrogen-bond donors (Lipinski definition) is 2. The number of rotatable bonds is 1. The summed E-state index contributed by atoms with van der Waals surface area (Å²) in [5.74, 6) is 0.387. The SMILES string of the molecule is CC(C)C1(O)C=CC=C(O)C1. The molecule has 0 spiro atoms. The van der Waals surface area contributed by atoms with E-state index in [4.69, 9.17) is 5.11 Å². The van der Waals surface area contributed by atoms with Crippen LogP contribution >= 0.6 is 0 Å². The minimum Gasteiger partial charge on any atom is -0.512 e. The summed E-state index contributed by atoms with van der Waals surface area (Å²) in [6, 6.07) is 0. The minimum absolute atomic E-state index is 0.134. The van der Waals surface area contributed by atoms with Crippen LogP contribution in [0.2, 0.25) is 0 Å². The fourth-order valence-electron chi connectivity index (χ4n) is 1.13. The van der Waals surface area contributed by atoms with E-state index in [-0.39, 0.29) is 11.7 Å². The molecule has 0 amide bonds. The molecule has 0 fully saturated rings. The zero-order chi connectivity index (χ0) is 8.48. The molecule has 0 aromatic heterocycles. The summed E-state index contributed by atoms with van der Waals surface area (Å²) in [6.45, 7) is 3.87. The highest BCUT2D eigenvalue weighted by molar-refractivity contribution is 5.21. The lowest BCUT2D eigenvalue weighted by Crippen LogP contribution is -2.34. The van der Waals surface area contributed by atoms with E-state index in [1.165, 1.54) is 0 Å². The van der Waals surface area contributed by atoms with Gasteiger partial charge in [-0.05, 0) is 12.0 Å². The zero-order valence-electron chi connectivity index (χ0n) is 6.91. The summed E-state index contributed by atoms with van der Waals surface area (Å²) in [6.07, 6.45) is 5.37. The van der Waals surface area contributed by atoms with Crippen LogP contribution in [0.1, 0.15) is 20.3 Å². The third kappa shape index (κ3) is 1.63. The minimum atomic E-state index is -0.848. The molecular weight excluding hydrogens is 140 g/mol. The van der Waals surface area contributed by atoms with Crippen molar-refractivity contribution in [3.8, 4) is 0 Å².